The quantitative estimate of drug-likeness (QED) is 0.483. The maximum Gasteiger partial charge on any atom is 0.334 e. The first-order chi connectivity index (χ1) is 10.1. The molecule has 116 valence electrons. The summed E-state index contributed by atoms with van der Waals surface area (Å²) < 4.78 is 0. The third kappa shape index (κ3) is 2.77. The fourth-order valence-corrected chi connectivity index (χ4v) is 2.14. The maximum absolute atomic E-state index is 12.2. The lowest BCUT2D eigenvalue weighted by molar-refractivity contribution is -0.142. The van der Waals surface area contributed by atoms with E-state index in [4.69, 9.17) is 0 Å². The van der Waals surface area contributed by atoms with E-state index in [-0.39, 0.29) is 11.2 Å². The van der Waals surface area contributed by atoms with Crippen LogP contribution in [0.1, 0.15) is 36.7 Å². The van der Waals surface area contributed by atoms with E-state index in [0.717, 1.165) is 5.56 Å². The van der Waals surface area contributed by atoms with Crippen molar-refractivity contribution in [3.05, 3.63) is 35.4 Å². The number of benzene rings is 1. The molecule has 6 heteroatoms. The lowest BCUT2D eigenvalue weighted by atomic mass is 9.86. The van der Waals surface area contributed by atoms with Crippen LogP contribution in [-0.2, 0) is 15.0 Å². The molecule has 1 saturated heterocycles. The van der Waals surface area contributed by atoms with Crippen LogP contribution in [0, 0.1) is 0 Å². The molecule has 1 aromatic carbocycles. The second-order valence-electron chi connectivity index (χ2n) is 6.29. The first kappa shape index (κ1) is 15.9. The molecule has 4 amide bonds. The summed E-state index contributed by atoms with van der Waals surface area (Å²) >= 11 is 0. The smallest absolute Gasteiger partial charge is 0.292 e. The summed E-state index contributed by atoms with van der Waals surface area (Å²) in [5, 5.41) is 0. The molecule has 0 spiro atoms. The van der Waals surface area contributed by atoms with Crippen molar-refractivity contribution in [1.29, 1.82) is 0 Å². The van der Waals surface area contributed by atoms with Crippen LogP contribution in [0.5, 0.6) is 0 Å². The molecule has 0 N–H and O–H groups in total. The number of nitrogens with zero attached hydrogens (tertiary/aromatic N) is 2. The van der Waals surface area contributed by atoms with Crippen LogP contribution < -0.4 is 0 Å². The molecule has 1 heterocycles. The molecule has 2 rings (SSSR count). The van der Waals surface area contributed by atoms with E-state index >= 15 is 0 Å². The zero-order valence-corrected chi connectivity index (χ0v) is 13.0. The van der Waals surface area contributed by atoms with Gasteiger partial charge < -0.3 is 0 Å². The van der Waals surface area contributed by atoms with Gasteiger partial charge in [-0.15, -0.1) is 0 Å². The Morgan fingerprint density at radius 2 is 1.55 bits per heavy atom. The van der Waals surface area contributed by atoms with Gasteiger partial charge in [0.15, 0.2) is 5.78 Å². The average Bonchev–Trinajstić information content (AvgIpc) is 2.64. The Labute approximate surface area is 128 Å². The third-order valence-electron chi connectivity index (χ3n) is 3.63. The van der Waals surface area contributed by atoms with Crippen molar-refractivity contribution in [3.8, 4) is 0 Å². The van der Waals surface area contributed by atoms with Crippen molar-refractivity contribution >= 4 is 23.6 Å². The van der Waals surface area contributed by atoms with Crippen LogP contribution in [0.15, 0.2) is 24.3 Å². The van der Waals surface area contributed by atoms with E-state index < -0.39 is 24.4 Å². The van der Waals surface area contributed by atoms with Gasteiger partial charge in [-0.1, -0.05) is 45.0 Å². The fraction of sp³-hybridized carbons (Fsp3) is 0.375. The Hall–Kier alpha value is -2.50. The maximum atomic E-state index is 12.2. The molecule has 0 atom stereocenters. The largest absolute Gasteiger partial charge is 0.334 e. The number of hydrogen-bond donors (Lipinski definition) is 0. The Morgan fingerprint density at radius 1 is 1.00 bits per heavy atom. The van der Waals surface area contributed by atoms with Crippen LogP contribution in [0.3, 0.4) is 0 Å². The second-order valence-corrected chi connectivity index (χ2v) is 6.29. The molecule has 0 aromatic heterocycles. The van der Waals surface area contributed by atoms with Gasteiger partial charge in [0, 0.05) is 12.6 Å². The normalized spacial score (nSPS) is 15.7. The van der Waals surface area contributed by atoms with Gasteiger partial charge in [-0.2, -0.15) is 0 Å². The van der Waals surface area contributed by atoms with Gasteiger partial charge in [-0.25, -0.2) is 9.69 Å². The zero-order valence-electron chi connectivity index (χ0n) is 13.0. The molecule has 22 heavy (non-hydrogen) atoms. The number of carbonyl (C=O) groups excluding carboxylic acids is 4. The minimum Gasteiger partial charge on any atom is -0.292 e. The standard InChI is InChI=1S/C16H18N2O4/c1-16(2,3)11-7-5-10(6-8-11)12(19)9-18-14(21)13(20)17(4)15(18)22/h5-8H,9H2,1-4H3. The van der Waals surface area contributed by atoms with Crippen molar-refractivity contribution < 1.29 is 19.2 Å². The summed E-state index contributed by atoms with van der Waals surface area (Å²) in [5.41, 5.74) is 1.44. The Balaban J connectivity index is 2.15. The van der Waals surface area contributed by atoms with Crippen molar-refractivity contribution in [3.63, 3.8) is 0 Å². The third-order valence-corrected chi connectivity index (χ3v) is 3.63. The number of amides is 4. The lowest BCUT2D eigenvalue weighted by Crippen LogP contribution is -2.36. The van der Waals surface area contributed by atoms with E-state index in [2.05, 4.69) is 20.8 Å². The summed E-state index contributed by atoms with van der Waals surface area (Å²) in [5.74, 6) is -2.27. The van der Waals surface area contributed by atoms with Crippen LogP contribution in [0.2, 0.25) is 0 Å². The van der Waals surface area contributed by atoms with Gasteiger partial charge in [0.1, 0.15) is 0 Å². The summed E-state index contributed by atoms with van der Waals surface area (Å²) in [7, 11) is 1.21. The molecule has 6 nitrogen and oxygen atoms in total. The van der Waals surface area contributed by atoms with Crippen LogP contribution in [-0.4, -0.2) is 47.0 Å². The molecule has 1 aromatic rings. The minimum atomic E-state index is -0.966. The average molecular weight is 302 g/mol. The fourth-order valence-electron chi connectivity index (χ4n) is 2.14. The second kappa shape index (κ2) is 5.36. The van der Waals surface area contributed by atoms with E-state index in [1.165, 1.54) is 7.05 Å². The molecule has 0 unspecified atom stereocenters. The van der Waals surface area contributed by atoms with Crippen molar-refractivity contribution in [1.82, 2.24) is 9.80 Å². The summed E-state index contributed by atoms with van der Waals surface area (Å²) in [6, 6.07) is 6.25. The molecule has 1 aliphatic heterocycles. The van der Waals surface area contributed by atoms with Crippen LogP contribution in [0.25, 0.3) is 0 Å². The Bertz CT molecular complexity index is 656. The van der Waals surface area contributed by atoms with E-state index in [1.54, 1.807) is 12.1 Å². The number of hydrogen-bond acceptors (Lipinski definition) is 4. The number of rotatable bonds is 3. The molecule has 0 radical (unpaired) electrons. The first-order valence-electron chi connectivity index (χ1n) is 6.90. The minimum absolute atomic E-state index is 0.0302. The van der Waals surface area contributed by atoms with Gasteiger partial charge in [0.25, 0.3) is 0 Å². The van der Waals surface area contributed by atoms with Crippen molar-refractivity contribution in [2.24, 2.45) is 0 Å². The SMILES string of the molecule is CN1C(=O)C(=O)N(CC(=O)c2ccc(C(C)(C)C)cc2)C1=O. The van der Waals surface area contributed by atoms with E-state index in [0.29, 0.717) is 15.4 Å². The van der Waals surface area contributed by atoms with Crippen molar-refractivity contribution in [2.75, 3.05) is 13.6 Å². The van der Waals surface area contributed by atoms with E-state index in [9.17, 15) is 19.2 Å². The number of likely N-dealkylation sites (N-methyl/N-ethyl adjacent to an activating group) is 1. The Morgan fingerprint density at radius 3 is 1.95 bits per heavy atom. The van der Waals surface area contributed by atoms with E-state index in [1.807, 2.05) is 12.1 Å². The van der Waals surface area contributed by atoms with Crippen molar-refractivity contribution in [2.45, 2.75) is 26.2 Å². The van der Waals surface area contributed by atoms with Gasteiger partial charge in [-0.05, 0) is 11.0 Å². The number of urea groups is 1. The summed E-state index contributed by atoms with van der Waals surface area (Å²) in [6.07, 6.45) is 0. The van der Waals surface area contributed by atoms with Gasteiger partial charge >= 0.3 is 17.8 Å². The summed E-state index contributed by atoms with van der Waals surface area (Å²) in [4.78, 5) is 48.3. The molecule has 1 fully saturated rings. The van der Waals surface area contributed by atoms with Crippen LogP contribution in [0.4, 0.5) is 4.79 Å². The number of imide groups is 2. The molecule has 1 aliphatic rings. The van der Waals surface area contributed by atoms with Gasteiger partial charge in [-0.3, -0.25) is 19.3 Å². The number of ketones is 1. The highest BCUT2D eigenvalue weighted by Gasteiger charge is 2.42. The Kier molecular flexibility index (Phi) is 3.87. The lowest BCUT2D eigenvalue weighted by Gasteiger charge is -2.19. The highest BCUT2D eigenvalue weighted by molar-refractivity contribution is 6.45. The predicted molar refractivity (Wildman–Crippen MR) is 79.4 cm³/mol. The van der Waals surface area contributed by atoms with Crippen LogP contribution >= 0.6 is 0 Å². The molecule has 0 bridgehead atoms. The molecular weight excluding hydrogens is 284 g/mol. The molecule has 0 saturated carbocycles. The van der Waals surface area contributed by atoms with Gasteiger partial charge in [0.2, 0.25) is 0 Å². The monoisotopic (exact) mass is 302 g/mol. The zero-order chi connectivity index (χ0) is 16.7. The number of carbonyl (C=O) groups is 4. The molecule has 0 aliphatic carbocycles. The molecular formula is C16H18N2O4. The topological polar surface area (TPSA) is 74.8 Å². The highest BCUT2D eigenvalue weighted by Crippen LogP contribution is 2.22. The van der Waals surface area contributed by atoms with Gasteiger partial charge in [0.05, 0.1) is 6.54 Å². The highest BCUT2D eigenvalue weighted by atomic mass is 16.2. The number of Topliss-reactive ketones (excluding diaryl/α,β-unsaturated/α-hetero) is 1. The predicted octanol–water partition coefficient (Wildman–Crippen LogP) is 1.59. The summed E-state index contributed by atoms with van der Waals surface area (Å²) in [6.45, 7) is 5.76. The first-order valence-corrected chi connectivity index (χ1v) is 6.90.